The maximum atomic E-state index is 12.6. The highest BCUT2D eigenvalue weighted by Crippen LogP contribution is 2.16. The molecule has 0 aliphatic heterocycles. The molecule has 1 atom stereocenters. The summed E-state index contributed by atoms with van der Waals surface area (Å²) in [6, 6.07) is 7.89. The summed E-state index contributed by atoms with van der Waals surface area (Å²) in [5.74, 6) is -1.36. The predicted octanol–water partition coefficient (Wildman–Crippen LogP) is 2.89. The van der Waals surface area contributed by atoms with Gasteiger partial charge in [0.25, 0.3) is 17.7 Å². The van der Waals surface area contributed by atoms with Crippen molar-refractivity contribution in [2.45, 2.75) is 25.3 Å². The van der Waals surface area contributed by atoms with Crippen molar-refractivity contribution in [2.75, 3.05) is 6.54 Å². The van der Waals surface area contributed by atoms with E-state index in [0.29, 0.717) is 19.4 Å². The second-order valence-electron chi connectivity index (χ2n) is 7.28. The lowest BCUT2D eigenvalue weighted by Crippen LogP contribution is -2.45. The minimum atomic E-state index is -0.919. The second kappa shape index (κ2) is 13.1. The van der Waals surface area contributed by atoms with Crippen molar-refractivity contribution < 1.29 is 32.6 Å². The topological polar surface area (TPSA) is 182 Å². The molecule has 0 bridgehead atoms. The molecule has 0 radical (unpaired) electrons. The first-order valence-electron chi connectivity index (χ1n) is 10.8. The minimum absolute atomic E-state index is 0.0532. The van der Waals surface area contributed by atoms with Gasteiger partial charge in [-0.25, -0.2) is 5.43 Å². The zero-order valence-electron chi connectivity index (χ0n) is 18.9. The molecular formula is C23H23N5O8. The van der Waals surface area contributed by atoms with Crippen molar-refractivity contribution in [2.24, 2.45) is 5.10 Å². The van der Waals surface area contributed by atoms with E-state index >= 15 is 0 Å². The van der Waals surface area contributed by atoms with E-state index in [4.69, 9.17) is 13.3 Å². The fraction of sp³-hybridized carbons (Fsp3) is 0.217. The van der Waals surface area contributed by atoms with Crippen molar-refractivity contribution in [3.8, 4) is 0 Å². The summed E-state index contributed by atoms with van der Waals surface area (Å²) in [6.07, 6.45) is 8.18. The van der Waals surface area contributed by atoms with Crippen molar-refractivity contribution in [3.05, 3.63) is 82.4 Å². The third kappa shape index (κ3) is 7.83. The Morgan fingerprint density at radius 3 is 2.39 bits per heavy atom. The fourth-order valence-electron chi connectivity index (χ4n) is 2.97. The summed E-state index contributed by atoms with van der Waals surface area (Å²) in [5.41, 5.74) is 2.33. The van der Waals surface area contributed by atoms with Crippen LogP contribution in [0.2, 0.25) is 0 Å². The van der Waals surface area contributed by atoms with Gasteiger partial charge in [-0.2, -0.15) is 5.10 Å². The molecule has 188 valence electrons. The SMILES string of the molecule is O=C(NCCCC[C@H](NC(=O)c1ccco1)C(=O)N/N=C/C=C/c1ccc([N+](=O)[O-])o1)c1ccco1. The van der Waals surface area contributed by atoms with Crippen LogP contribution in [0.15, 0.2) is 73.4 Å². The Kier molecular flexibility index (Phi) is 9.33. The number of amides is 3. The number of carbonyl (C=O) groups excluding carboxylic acids is 3. The molecule has 0 unspecified atom stereocenters. The maximum Gasteiger partial charge on any atom is 0.433 e. The number of rotatable bonds is 13. The Bertz CT molecular complexity index is 1210. The third-order valence-electron chi connectivity index (χ3n) is 4.71. The molecule has 0 saturated heterocycles. The minimum Gasteiger partial charge on any atom is -0.459 e. The number of nitrogens with zero attached hydrogens (tertiary/aromatic N) is 2. The molecule has 0 aromatic carbocycles. The quantitative estimate of drug-likeness (QED) is 0.139. The summed E-state index contributed by atoms with van der Waals surface area (Å²) >= 11 is 0. The molecule has 13 nitrogen and oxygen atoms in total. The maximum absolute atomic E-state index is 12.6. The zero-order chi connectivity index (χ0) is 25.8. The van der Waals surface area contributed by atoms with Gasteiger partial charge in [-0.15, -0.1) is 0 Å². The van der Waals surface area contributed by atoms with E-state index in [1.165, 1.54) is 49.1 Å². The van der Waals surface area contributed by atoms with Gasteiger partial charge >= 0.3 is 5.88 Å². The van der Waals surface area contributed by atoms with Crippen LogP contribution >= 0.6 is 0 Å². The molecule has 0 aliphatic rings. The Labute approximate surface area is 204 Å². The standard InChI is InChI=1S/C23H23N5O8/c29-21(27-25-13-3-6-16-10-11-20(36-16)28(32)33)17(26-23(31)19-9-5-15-35-19)7-1-2-12-24-22(30)18-8-4-14-34-18/h3-6,8-11,13-15,17H,1-2,7,12H2,(H,24,30)(H,26,31)(H,27,29)/b6-3+,25-13+/t17-/m0/s1. The third-order valence-corrected chi connectivity index (χ3v) is 4.71. The Morgan fingerprint density at radius 1 is 1.03 bits per heavy atom. The van der Waals surface area contributed by atoms with E-state index in [1.807, 2.05) is 0 Å². The van der Waals surface area contributed by atoms with Crippen molar-refractivity contribution in [3.63, 3.8) is 0 Å². The molecule has 3 aromatic rings. The average molecular weight is 497 g/mol. The van der Waals surface area contributed by atoms with Crippen LogP contribution < -0.4 is 16.1 Å². The summed E-state index contributed by atoms with van der Waals surface area (Å²) in [5, 5.41) is 19.7. The van der Waals surface area contributed by atoms with Crippen LogP contribution in [0, 0.1) is 10.1 Å². The number of carbonyl (C=O) groups is 3. The summed E-state index contributed by atoms with van der Waals surface area (Å²) < 4.78 is 15.0. The number of unbranched alkanes of at least 4 members (excludes halogenated alkanes) is 1. The molecule has 0 aliphatic carbocycles. The summed E-state index contributed by atoms with van der Waals surface area (Å²) in [7, 11) is 0. The Morgan fingerprint density at radius 2 is 1.75 bits per heavy atom. The van der Waals surface area contributed by atoms with Crippen LogP contribution in [-0.4, -0.2) is 41.4 Å². The number of allylic oxidation sites excluding steroid dienone is 1. The number of furan rings is 3. The van der Waals surface area contributed by atoms with Crippen LogP contribution in [0.3, 0.4) is 0 Å². The highest BCUT2D eigenvalue weighted by atomic mass is 16.6. The van der Waals surface area contributed by atoms with Crippen LogP contribution in [0.25, 0.3) is 6.08 Å². The largest absolute Gasteiger partial charge is 0.459 e. The van der Waals surface area contributed by atoms with Gasteiger partial charge < -0.3 is 23.9 Å². The monoisotopic (exact) mass is 497 g/mol. The lowest BCUT2D eigenvalue weighted by atomic mass is 10.1. The molecular weight excluding hydrogens is 474 g/mol. The summed E-state index contributed by atoms with van der Waals surface area (Å²) in [6.45, 7) is 0.355. The number of nitrogens with one attached hydrogen (secondary N) is 3. The average Bonchev–Trinajstić information content (AvgIpc) is 3.64. The molecule has 0 spiro atoms. The second-order valence-corrected chi connectivity index (χ2v) is 7.28. The predicted molar refractivity (Wildman–Crippen MR) is 126 cm³/mol. The highest BCUT2D eigenvalue weighted by Gasteiger charge is 2.22. The van der Waals surface area contributed by atoms with Crippen LogP contribution in [0.4, 0.5) is 5.88 Å². The van der Waals surface area contributed by atoms with Gasteiger partial charge in [0.2, 0.25) is 0 Å². The molecule has 36 heavy (non-hydrogen) atoms. The van der Waals surface area contributed by atoms with Gasteiger partial charge in [0.1, 0.15) is 16.7 Å². The van der Waals surface area contributed by atoms with Crippen molar-refractivity contribution in [1.82, 2.24) is 16.1 Å². The first-order valence-corrected chi connectivity index (χ1v) is 10.8. The van der Waals surface area contributed by atoms with E-state index in [0.717, 1.165) is 0 Å². The van der Waals surface area contributed by atoms with Gasteiger partial charge in [-0.1, -0.05) is 0 Å². The molecule has 3 amide bonds. The molecule has 13 heteroatoms. The molecule has 3 aromatic heterocycles. The molecule has 0 saturated carbocycles. The number of hydrogen-bond acceptors (Lipinski definition) is 9. The Hall–Kier alpha value is -4.94. The smallest absolute Gasteiger partial charge is 0.433 e. The normalized spacial score (nSPS) is 12.0. The lowest BCUT2D eigenvalue weighted by Gasteiger charge is -2.16. The fourth-order valence-corrected chi connectivity index (χ4v) is 2.97. The van der Waals surface area contributed by atoms with Crippen LogP contribution in [0.5, 0.6) is 0 Å². The van der Waals surface area contributed by atoms with E-state index in [1.54, 1.807) is 18.2 Å². The number of nitro groups is 1. The first kappa shape index (κ1) is 25.7. The van der Waals surface area contributed by atoms with Crippen LogP contribution in [-0.2, 0) is 4.79 Å². The lowest BCUT2D eigenvalue weighted by molar-refractivity contribution is -0.402. The van der Waals surface area contributed by atoms with Gasteiger partial charge in [-0.3, -0.25) is 24.5 Å². The first-order chi connectivity index (χ1) is 17.4. The van der Waals surface area contributed by atoms with Crippen molar-refractivity contribution in [1.29, 1.82) is 0 Å². The van der Waals surface area contributed by atoms with Gasteiger partial charge in [-0.05, 0) is 61.7 Å². The van der Waals surface area contributed by atoms with Gasteiger partial charge in [0, 0.05) is 12.8 Å². The summed E-state index contributed by atoms with van der Waals surface area (Å²) in [4.78, 5) is 46.8. The number of hydrogen-bond donors (Lipinski definition) is 3. The van der Waals surface area contributed by atoms with E-state index < -0.39 is 28.7 Å². The van der Waals surface area contributed by atoms with E-state index in [2.05, 4.69) is 21.2 Å². The van der Waals surface area contributed by atoms with Crippen LogP contribution in [0.1, 0.15) is 46.1 Å². The number of hydrazone groups is 1. The Balaban J connectivity index is 1.49. The zero-order valence-corrected chi connectivity index (χ0v) is 18.9. The van der Waals surface area contributed by atoms with Crippen molar-refractivity contribution >= 4 is 35.9 Å². The molecule has 0 fully saturated rings. The van der Waals surface area contributed by atoms with Gasteiger partial charge in [0.05, 0.1) is 18.6 Å². The molecule has 3 rings (SSSR count). The van der Waals surface area contributed by atoms with E-state index in [-0.39, 0.29) is 29.6 Å². The van der Waals surface area contributed by atoms with E-state index in [9.17, 15) is 24.5 Å². The van der Waals surface area contributed by atoms with Gasteiger partial charge in [0.15, 0.2) is 11.5 Å². The highest BCUT2D eigenvalue weighted by molar-refractivity contribution is 5.95. The molecule has 3 N–H and O–H groups in total. The molecule has 3 heterocycles.